The van der Waals surface area contributed by atoms with Gasteiger partial charge in [-0.2, -0.15) is 0 Å². The second-order valence-electron chi connectivity index (χ2n) is 14.2. The van der Waals surface area contributed by atoms with Crippen LogP contribution >= 0.6 is 0 Å². The molecule has 0 saturated carbocycles. The van der Waals surface area contributed by atoms with E-state index >= 15 is 0 Å². The van der Waals surface area contributed by atoms with Crippen molar-refractivity contribution in [3.63, 3.8) is 0 Å². The van der Waals surface area contributed by atoms with Crippen LogP contribution in [0, 0.1) is 0 Å². The van der Waals surface area contributed by atoms with E-state index in [4.69, 9.17) is 14.2 Å². The minimum absolute atomic E-state index is 0.116. The van der Waals surface area contributed by atoms with Crippen molar-refractivity contribution in [2.45, 2.75) is 168 Å². The van der Waals surface area contributed by atoms with Gasteiger partial charge in [0.25, 0.3) is 0 Å². The molecule has 0 radical (unpaired) electrons. The van der Waals surface area contributed by atoms with Crippen LogP contribution < -0.4 is 0 Å². The first-order chi connectivity index (χ1) is 29.0. The molecule has 0 aromatic carbocycles. The van der Waals surface area contributed by atoms with Gasteiger partial charge in [0.05, 0.1) is 6.42 Å². The minimum Gasteiger partial charge on any atom is -0.462 e. The predicted molar refractivity (Wildman–Crippen MR) is 251 cm³/mol. The molecular formula is C53H80O6. The molecule has 0 aliphatic rings. The van der Waals surface area contributed by atoms with Crippen molar-refractivity contribution in [2.75, 3.05) is 13.2 Å². The molecule has 0 aliphatic heterocycles. The fraction of sp³-hybridized carbons (Fsp3) is 0.528. The molecule has 0 saturated heterocycles. The quantitative estimate of drug-likeness (QED) is 0.0203. The monoisotopic (exact) mass is 813 g/mol. The molecule has 6 nitrogen and oxygen atoms in total. The van der Waals surface area contributed by atoms with E-state index in [-0.39, 0.29) is 44.4 Å². The highest BCUT2D eigenvalue weighted by Gasteiger charge is 2.19. The van der Waals surface area contributed by atoms with Crippen molar-refractivity contribution in [1.29, 1.82) is 0 Å². The summed E-state index contributed by atoms with van der Waals surface area (Å²) in [7, 11) is 0. The SMILES string of the molecule is CC\C=C/C=C\C=C/CCCCCCCCCC(=O)OC(COC(=O)C/C=C\C/C=C\C/C=C\CC)COC(=O)CCC/C=C\C/C=C\C/C=C\C/C=C\C/C=C\CC. The van der Waals surface area contributed by atoms with Crippen LogP contribution in [0.5, 0.6) is 0 Å². The molecule has 0 fully saturated rings. The average molecular weight is 813 g/mol. The van der Waals surface area contributed by atoms with Crippen LogP contribution in [-0.2, 0) is 28.6 Å². The summed E-state index contributed by atoms with van der Waals surface area (Å²) in [6, 6.07) is 0. The van der Waals surface area contributed by atoms with Crippen LogP contribution in [0.15, 0.2) is 134 Å². The van der Waals surface area contributed by atoms with E-state index in [1.165, 1.54) is 19.3 Å². The lowest BCUT2D eigenvalue weighted by atomic mass is 10.1. The van der Waals surface area contributed by atoms with Gasteiger partial charge in [-0.3, -0.25) is 14.4 Å². The number of allylic oxidation sites excluding steroid dienone is 21. The van der Waals surface area contributed by atoms with E-state index in [0.29, 0.717) is 6.42 Å². The summed E-state index contributed by atoms with van der Waals surface area (Å²) in [5.74, 6) is -1.15. The zero-order chi connectivity index (χ0) is 43.0. The first-order valence-corrected chi connectivity index (χ1v) is 22.7. The summed E-state index contributed by atoms with van der Waals surface area (Å²) >= 11 is 0. The van der Waals surface area contributed by atoms with Crippen molar-refractivity contribution >= 4 is 17.9 Å². The fourth-order valence-corrected chi connectivity index (χ4v) is 5.42. The Hall–Kier alpha value is -4.45. The molecule has 0 heterocycles. The van der Waals surface area contributed by atoms with Crippen molar-refractivity contribution in [1.82, 2.24) is 0 Å². The number of carbonyl (C=O) groups is 3. The Balaban J connectivity index is 4.56. The van der Waals surface area contributed by atoms with Crippen LogP contribution in [-0.4, -0.2) is 37.2 Å². The summed E-state index contributed by atoms with van der Waals surface area (Å²) in [5, 5.41) is 0. The maximum atomic E-state index is 12.7. The largest absolute Gasteiger partial charge is 0.462 e. The van der Waals surface area contributed by atoms with Crippen molar-refractivity contribution < 1.29 is 28.6 Å². The summed E-state index contributed by atoms with van der Waals surface area (Å²) in [6.07, 6.45) is 64.7. The normalized spacial score (nSPS) is 13.3. The minimum atomic E-state index is -0.846. The second-order valence-corrected chi connectivity index (χ2v) is 14.2. The van der Waals surface area contributed by atoms with E-state index in [0.717, 1.165) is 96.3 Å². The third-order valence-electron chi connectivity index (χ3n) is 8.73. The molecule has 0 aliphatic carbocycles. The molecule has 1 atom stereocenters. The lowest BCUT2D eigenvalue weighted by molar-refractivity contribution is -0.166. The van der Waals surface area contributed by atoms with Gasteiger partial charge in [0.1, 0.15) is 13.2 Å². The fourth-order valence-electron chi connectivity index (χ4n) is 5.42. The van der Waals surface area contributed by atoms with Crippen LogP contribution in [0.25, 0.3) is 0 Å². The molecular weight excluding hydrogens is 733 g/mol. The highest BCUT2D eigenvalue weighted by atomic mass is 16.6. The van der Waals surface area contributed by atoms with Crippen LogP contribution in [0.4, 0.5) is 0 Å². The van der Waals surface area contributed by atoms with Crippen molar-refractivity contribution in [3.05, 3.63) is 134 Å². The number of rotatable bonds is 38. The van der Waals surface area contributed by atoms with Gasteiger partial charge >= 0.3 is 17.9 Å². The molecule has 0 aromatic heterocycles. The molecule has 0 bridgehead atoms. The Kier molecular flexibility index (Phi) is 42.8. The highest BCUT2D eigenvalue weighted by Crippen LogP contribution is 2.12. The Labute approximate surface area is 360 Å². The molecule has 0 spiro atoms. The first kappa shape index (κ1) is 54.6. The zero-order valence-corrected chi connectivity index (χ0v) is 37.2. The Morgan fingerprint density at radius 3 is 1.32 bits per heavy atom. The van der Waals surface area contributed by atoms with Gasteiger partial charge in [-0.1, -0.05) is 187 Å². The maximum Gasteiger partial charge on any atom is 0.309 e. The Morgan fingerprint density at radius 1 is 0.373 bits per heavy atom. The van der Waals surface area contributed by atoms with Crippen molar-refractivity contribution in [3.8, 4) is 0 Å². The van der Waals surface area contributed by atoms with Crippen LogP contribution in [0.2, 0.25) is 0 Å². The number of hydrogen-bond acceptors (Lipinski definition) is 6. The van der Waals surface area contributed by atoms with E-state index in [1.807, 2.05) is 6.08 Å². The van der Waals surface area contributed by atoms with E-state index < -0.39 is 12.1 Å². The summed E-state index contributed by atoms with van der Waals surface area (Å²) in [5.41, 5.74) is 0. The van der Waals surface area contributed by atoms with E-state index in [1.54, 1.807) is 6.08 Å². The average Bonchev–Trinajstić information content (AvgIpc) is 3.23. The Morgan fingerprint density at radius 2 is 0.780 bits per heavy atom. The lowest BCUT2D eigenvalue weighted by Crippen LogP contribution is -2.30. The summed E-state index contributed by atoms with van der Waals surface area (Å²) in [4.78, 5) is 37.7. The highest BCUT2D eigenvalue weighted by molar-refractivity contribution is 5.72. The third kappa shape index (κ3) is 44.5. The van der Waals surface area contributed by atoms with Gasteiger partial charge in [0, 0.05) is 12.8 Å². The number of carbonyl (C=O) groups excluding carboxylic acids is 3. The van der Waals surface area contributed by atoms with Gasteiger partial charge in [0.15, 0.2) is 6.10 Å². The van der Waals surface area contributed by atoms with Crippen LogP contribution in [0.1, 0.15) is 162 Å². The van der Waals surface area contributed by atoms with Gasteiger partial charge < -0.3 is 14.2 Å². The van der Waals surface area contributed by atoms with E-state index in [2.05, 4.69) is 142 Å². The molecule has 0 aromatic rings. The van der Waals surface area contributed by atoms with Gasteiger partial charge in [-0.25, -0.2) is 0 Å². The third-order valence-corrected chi connectivity index (χ3v) is 8.73. The molecule has 0 amide bonds. The molecule has 0 rings (SSSR count). The first-order valence-electron chi connectivity index (χ1n) is 22.7. The molecule has 59 heavy (non-hydrogen) atoms. The smallest absolute Gasteiger partial charge is 0.309 e. The van der Waals surface area contributed by atoms with Gasteiger partial charge in [-0.05, 0) is 89.9 Å². The number of esters is 3. The molecule has 328 valence electrons. The summed E-state index contributed by atoms with van der Waals surface area (Å²) < 4.78 is 16.5. The summed E-state index contributed by atoms with van der Waals surface area (Å²) in [6.45, 7) is 6.08. The van der Waals surface area contributed by atoms with Gasteiger partial charge in [0.2, 0.25) is 0 Å². The van der Waals surface area contributed by atoms with Crippen molar-refractivity contribution in [2.24, 2.45) is 0 Å². The molecule has 6 heteroatoms. The second kappa shape index (κ2) is 46.2. The lowest BCUT2D eigenvalue weighted by Gasteiger charge is -2.18. The van der Waals surface area contributed by atoms with Crippen LogP contribution in [0.3, 0.4) is 0 Å². The van der Waals surface area contributed by atoms with Gasteiger partial charge in [-0.15, -0.1) is 0 Å². The zero-order valence-electron chi connectivity index (χ0n) is 37.2. The molecule has 1 unspecified atom stereocenters. The molecule has 0 N–H and O–H groups in total. The Bertz CT molecular complexity index is 1350. The topological polar surface area (TPSA) is 78.9 Å². The number of unbranched alkanes of at least 4 members (excludes halogenated alkanes) is 8. The number of hydrogen-bond donors (Lipinski definition) is 0. The maximum absolute atomic E-state index is 12.7. The number of ether oxygens (including phenoxy) is 3. The standard InChI is InChI=1S/C53H80O6/c1-4-7-10-13-16-19-21-23-25-26-28-29-31-34-37-40-43-46-52(55)58-49-50(48-57-51(54)45-42-39-36-33-18-15-12-9-6-3)59-53(56)47-44-41-38-35-32-30-27-24-22-20-17-14-11-8-5-2/h7-12,14,16-20,22-23,25,28-29,33-34,37,39,42,50H,4-6,13,15,21,24,26-27,30-32,35-36,38,40-41,43-49H2,1-3H3/b10-7-,11-8-,12-9-,17-14-,19-16-,22-20-,25-23-,29-28-,33-18-,37-34-,42-39-. The predicted octanol–water partition coefficient (Wildman–Crippen LogP) is 14.7. The van der Waals surface area contributed by atoms with E-state index in [9.17, 15) is 14.4 Å².